The maximum atomic E-state index is 11.4. The molecule has 0 aliphatic carbocycles. The van der Waals surface area contributed by atoms with Gasteiger partial charge >= 0.3 is 0 Å². The first-order chi connectivity index (χ1) is 8.49. The number of aryl methyl sites for hydroxylation is 1. The second kappa shape index (κ2) is 4.64. The van der Waals surface area contributed by atoms with Crippen molar-refractivity contribution in [2.75, 3.05) is 14.1 Å². The van der Waals surface area contributed by atoms with E-state index in [4.69, 9.17) is 4.42 Å². The predicted molar refractivity (Wildman–Crippen MR) is 72.2 cm³/mol. The molecule has 2 aromatic rings. The Morgan fingerprint density at radius 1 is 1.39 bits per heavy atom. The molecule has 0 saturated carbocycles. The molecule has 0 atom stereocenters. The van der Waals surface area contributed by atoms with Crippen LogP contribution in [0.2, 0.25) is 0 Å². The van der Waals surface area contributed by atoms with E-state index in [1.54, 1.807) is 17.3 Å². The van der Waals surface area contributed by atoms with Gasteiger partial charge in [-0.1, -0.05) is 12.1 Å². The van der Waals surface area contributed by atoms with E-state index in [9.17, 15) is 4.79 Å². The van der Waals surface area contributed by atoms with Crippen molar-refractivity contribution in [1.29, 1.82) is 0 Å². The SMILES string of the molecule is CC(=O)c1cc2c(/C=N\N(C)C)ccc(C)c2o1. The van der Waals surface area contributed by atoms with Crippen molar-refractivity contribution in [3.8, 4) is 0 Å². The Balaban J connectivity index is 2.61. The van der Waals surface area contributed by atoms with Crippen molar-refractivity contribution in [3.63, 3.8) is 0 Å². The van der Waals surface area contributed by atoms with Crippen LogP contribution in [0.4, 0.5) is 0 Å². The summed E-state index contributed by atoms with van der Waals surface area (Å²) in [6.07, 6.45) is 1.77. The van der Waals surface area contributed by atoms with Gasteiger partial charge in [-0.15, -0.1) is 0 Å². The number of furan rings is 1. The van der Waals surface area contributed by atoms with Crippen molar-refractivity contribution < 1.29 is 9.21 Å². The number of rotatable bonds is 3. The van der Waals surface area contributed by atoms with Crippen LogP contribution in [0.5, 0.6) is 0 Å². The van der Waals surface area contributed by atoms with Crippen LogP contribution in [-0.2, 0) is 0 Å². The van der Waals surface area contributed by atoms with Crippen LogP contribution in [0.1, 0.15) is 28.6 Å². The molecule has 18 heavy (non-hydrogen) atoms. The Morgan fingerprint density at radius 2 is 2.11 bits per heavy atom. The molecule has 0 unspecified atom stereocenters. The highest BCUT2D eigenvalue weighted by atomic mass is 16.3. The fraction of sp³-hybridized carbons (Fsp3) is 0.286. The Hall–Kier alpha value is -2.10. The molecular weight excluding hydrogens is 228 g/mol. The average Bonchev–Trinajstić information content (AvgIpc) is 2.74. The van der Waals surface area contributed by atoms with Crippen molar-refractivity contribution >= 4 is 23.0 Å². The fourth-order valence-electron chi connectivity index (χ4n) is 1.74. The number of hydrogen-bond donors (Lipinski definition) is 0. The van der Waals surface area contributed by atoms with Crippen LogP contribution in [0.3, 0.4) is 0 Å². The molecule has 2 rings (SSSR count). The lowest BCUT2D eigenvalue weighted by atomic mass is 10.1. The van der Waals surface area contributed by atoms with E-state index < -0.39 is 0 Å². The van der Waals surface area contributed by atoms with Gasteiger partial charge in [-0.2, -0.15) is 5.10 Å². The minimum Gasteiger partial charge on any atom is -0.453 e. The highest BCUT2D eigenvalue weighted by Gasteiger charge is 2.12. The molecule has 0 bridgehead atoms. The molecule has 0 radical (unpaired) electrons. The Kier molecular flexibility index (Phi) is 3.19. The molecule has 1 aromatic carbocycles. The summed E-state index contributed by atoms with van der Waals surface area (Å²) in [6, 6.07) is 5.72. The van der Waals surface area contributed by atoms with Crippen LogP contribution < -0.4 is 0 Å². The van der Waals surface area contributed by atoms with Crippen LogP contribution in [0, 0.1) is 6.92 Å². The van der Waals surface area contributed by atoms with E-state index in [2.05, 4.69) is 5.10 Å². The lowest BCUT2D eigenvalue weighted by molar-refractivity contribution is 0.0989. The van der Waals surface area contributed by atoms with Gasteiger partial charge in [0, 0.05) is 32.0 Å². The zero-order chi connectivity index (χ0) is 13.3. The highest BCUT2D eigenvalue weighted by Crippen LogP contribution is 2.25. The minimum absolute atomic E-state index is 0.0684. The lowest BCUT2D eigenvalue weighted by Gasteiger charge is -2.03. The van der Waals surface area contributed by atoms with Crippen molar-refractivity contribution in [2.45, 2.75) is 13.8 Å². The fourth-order valence-corrected chi connectivity index (χ4v) is 1.74. The number of hydrazone groups is 1. The topological polar surface area (TPSA) is 45.8 Å². The summed E-state index contributed by atoms with van der Waals surface area (Å²) in [5.41, 5.74) is 2.71. The quantitative estimate of drug-likeness (QED) is 0.474. The Morgan fingerprint density at radius 3 is 2.72 bits per heavy atom. The Labute approximate surface area is 106 Å². The van der Waals surface area contributed by atoms with E-state index in [0.717, 1.165) is 22.1 Å². The highest BCUT2D eigenvalue weighted by molar-refractivity contribution is 6.03. The number of benzene rings is 1. The van der Waals surface area contributed by atoms with Crippen LogP contribution in [-0.4, -0.2) is 31.1 Å². The lowest BCUT2D eigenvalue weighted by Crippen LogP contribution is -2.02. The molecule has 1 heterocycles. The number of nitrogens with zero attached hydrogens (tertiary/aromatic N) is 2. The monoisotopic (exact) mass is 244 g/mol. The number of ketones is 1. The van der Waals surface area contributed by atoms with Gasteiger partial charge < -0.3 is 9.43 Å². The number of carbonyl (C=O) groups excluding carboxylic acids is 1. The van der Waals surface area contributed by atoms with Gasteiger partial charge in [0.2, 0.25) is 0 Å². The van der Waals surface area contributed by atoms with E-state index in [1.165, 1.54) is 6.92 Å². The van der Waals surface area contributed by atoms with Gasteiger partial charge in [0.05, 0.1) is 6.21 Å². The standard InChI is InChI=1S/C14H16N2O2/c1-9-5-6-11(8-15-16(3)4)12-7-13(10(2)17)18-14(9)12/h5-8H,1-4H3/b15-8-. The van der Waals surface area contributed by atoms with Crippen molar-refractivity contribution in [1.82, 2.24) is 5.01 Å². The molecule has 0 saturated heterocycles. The third kappa shape index (κ3) is 2.27. The number of hydrogen-bond acceptors (Lipinski definition) is 4. The first kappa shape index (κ1) is 12.4. The summed E-state index contributed by atoms with van der Waals surface area (Å²) in [5.74, 6) is 0.319. The van der Waals surface area contributed by atoms with Gasteiger partial charge in [-0.25, -0.2) is 0 Å². The summed E-state index contributed by atoms with van der Waals surface area (Å²) in [4.78, 5) is 11.4. The molecular formula is C14H16N2O2. The van der Waals surface area contributed by atoms with E-state index >= 15 is 0 Å². The summed E-state index contributed by atoms with van der Waals surface area (Å²) in [7, 11) is 3.72. The normalized spacial score (nSPS) is 11.3. The molecule has 0 N–H and O–H groups in total. The van der Waals surface area contributed by atoms with Crippen LogP contribution in [0.15, 0.2) is 27.7 Å². The predicted octanol–water partition coefficient (Wildman–Crippen LogP) is 2.84. The first-order valence-corrected chi connectivity index (χ1v) is 5.74. The van der Waals surface area contributed by atoms with Gasteiger partial charge in [0.1, 0.15) is 5.58 Å². The summed E-state index contributed by atoms with van der Waals surface area (Å²) in [6.45, 7) is 3.46. The molecule has 0 aliphatic heterocycles. The number of carbonyl (C=O) groups is 1. The smallest absolute Gasteiger partial charge is 0.194 e. The summed E-state index contributed by atoms with van der Waals surface area (Å²) >= 11 is 0. The third-order valence-electron chi connectivity index (χ3n) is 2.69. The molecule has 4 heteroatoms. The average molecular weight is 244 g/mol. The molecule has 0 amide bonds. The van der Waals surface area contributed by atoms with Gasteiger partial charge in [0.15, 0.2) is 11.5 Å². The second-order valence-corrected chi connectivity index (χ2v) is 4.47. The van der Waals surface area contributed by atoms with Crippen molar-refractivity contribution in [2.24, 2.45) is 5.10 Å². The summed E-state index contributed by atoms with van der Waals surface area (Å²) in [5, 5.41) is 6.85. The second-order valence-electron chi connectivity index (χ2n) is 4.47. The first-order valence-electron chi connectivity index (χ1n) is 5.74. The minimum atomic E-state index is -0.0684. The summed E-state index contributed by atoms with van der Waals surface area (Å²) < 4.78 is 5.58. The zero-order valence-corrected chi connectivity index (χ0v) is 11.0. The number of Topliss-reactive ketones (excluding diaryl/α,β-unsaturated/α-hetero) is 1. The van der Waals surface area contributed by atoms with E-state index in [1.807, 2.05) is 33.2 Å². The maximum Gasteiger partial charge on any atom is 0.194 e. The van der Waals surface area contributed by atoms with E-state index in [0.29, 0.717) is 5.76 Å². The van der Waals surface area contributed by atoms with Gasteiger partial charge in [-0.05, 0) is 18.6 Å². The van der Waals surface area contributed by atoms with E-state index in [-0.39, 0.29) is 5.78 Å². The molecule has 94 valence electrons. The maximum absolute atomic E-state index is 11.4. The van der Waals surface area contributed by atoms with Gasteiger partial charge in [-0.3, -0.25) is 4.79 Å². The zero-order valence-electron chi connectivity index (χ0n) is 11.0. The number of fused-ring (bicyclic) bond motifs is 1. The van der Waals surface area contributed by atoms with Crippen LogP contribution in [0.25, 0.3) is 11.0 Å². The Bertz CT molecular complexity index is 624. The van der Waals surface area contributed by atoms with Crippen LogP contribution >= 0.6 is 0 Å². The largest absolute Gasteiger partial charge is 0.453 e. The van der Waals surface area contributed by atoms with Crippen molar-refractivity contribution in [3.05, 3.63) is 35.1 Å². The molecule has 0 aliphatic rings. The third-order valence-corrected chi connectivity index (χ3v) is 2.69. The molecule has 0 fully saturated rings. The molecule has 4 nitrogen and oxygen atoms in total. The molecule has 0 spiro atoms. The van der Waals surface area contributed by atoms with Gasteiger partial charge in [0.25, 0.3) is 0 Å². The molecule has 1 aromatic heterocycles.